The highest BCUT2D eigenvalue weighted by Gasteiger charge is 2.14. The predicted octanol–water partition coefficient (Wildman–Crippen LogP) is 5.40. The number of benzene rings is 2. The molecule has 1 N–H and O–H groups in total. The highest BCUT2D eigenvalue weighted by molar-refractivity contribution is 6.09. The van der Waals surface area contributed by atoms with E-state index < -0.39 is 5.91 Å². The van der Waals surface area contributed by atoms with Crippen LogP contribution in [0.1, 0.15) is 28.1 Å². The third-order valence-electron chi connectivity index (χ3n) is 4.98. The number of hydrogen-bond acceptors (Lipinski definition) is 2. The number of anilines is 1. The summed E-state index contributed by atoms with van der Waals surface area (Å²) in [6.45, 7) is 7.79. The Morgan fingerprint density at radius 2 is 1.72 bits per heavy atom. The van der Waals surface area contributed by atoms with Gasteiger partial charge in [-0.15, -0.1) is 0 Å². The first-order chi connectivity index (χ1) is 13.8. The van der Waals surface area contributed by atoms with Gasteiger partial charge in [0.05, 0.1) is 0 Å². The van der Waals surface area contributed by atoms with Crippen LogP contribution >= 0.6 is 0 Å². The zero-order valence-corrected chi connectivity index (χ0v) is 16.9. The van der Waals surface area contributed by atoms with Crippen molar-refractivity contribution in [2.45, 2.75) is 27.7 Å². The minimum Gasteiger partial charge on any atom is -0.321 e. The molecule has 0 bridgehead atoms. The van der Waals surface area contributed by atoms with Gasteiger partial charge < -0.3 is 9.88 Å². The molecule has 0 spiro atoms. The molecule has 2 aromatic carbocycles. The monoisotopic (exact) mass is 387 g/mol. The summed E-state index contributed by atoms with van der Waals surface area (Å²) < 4.78 is 15.2. The van der Waals surface area contributed by atoms with E-state index in [2.05, 4.69) is 5.32 Å². The molecule has 0 saturated heterocycles. The van der Waals surface area contributed by atoms with Gasteiger partial charge >= 0.3 is 0 Å². The SMILES string of the molecule is Cc1ccc(NC(=O)/C(C#N)=C\c2cc(C)n(-c3ccc(F)cc3)c2C)cc1C. The van der Waals surface area contributed by atoms with Gasteiger partial charge in [0.25, 0.3) is 5.91 Å². The van der Waals surface area contributed by atoms with Crippen molar-refractivity contribution in [1.29, 1.82) is 5.26 Å². The molecule has 4 nitrogen and oxygen atoms in total. The van der Waals surface area contributed by atoms with E-state index in [-0.39, 0.29) is 11.4 Å². The average Bonchev–Trinajstić information content (AvgIpc) is 2.96. The summed E-state index contributed by atoms with van der Waals surface area (Å²) in [7, 11) is 0. The second-order valence-electron chi connectivity index (χ2n) is 7.06. The molecule has 1 heterocycles. The number of nitrogens with one attached hydrogen (secondary N) is 1. The molecule has 146 valence electrons. The number of aromatic nitrogens is 1. The lowest BCUT2D eigenvalue weighted by molar-refractivity contribution is -0.112. The predicted molar refractivity (Wildman–Crippen MR) is 113 cm³/mol. The van der Waals surface area contributed by atoms with Crippen LogP contribution in [0.3, 0.4) is 0 Å². The quantitative estimate of drug-likeness (QED) is 0.482. The Morgan fingerprint density at radius 1 is 1.03 bits per heavy atom. The maximum atomic E-state index is 13.2. The van der Waals surface area contributed by atoms with E-state index in [1.165, 1.54) is 12.1 Å². The smallest absolute Gasteiger partial charge is 0.266 e. The number of aryl methyl sites for hydroxylation is 3. The number of nitriles is 1. The van der Waals surface area contributed by atoms with Crippen LogP contribution in [0.5, 0.6) is 0 Å². The molecule has 1 aromatic heterocycles. The normalized spacial score (nSPS) is 11.2. The Labute approximate surface area is 169 Å². The van der Waals surface area contributed by atoms with E-state index >= 15 is 0 Å². The van der Waals surface area contributed by atoms with Crippen molar-refractivity contribution in [1.82, 2.24) is 4.57 Å². The summed E-state index contributed by atoms with van der Waals surface area (Å²) in [6, 6.07) is 15.7. The van der Waals surface area contributed by atoms with Gasteiger partial charge in [-0.1, -0.05) is 6.07 Å². The topological polar surface area (TPSA) is 57.8 Å². The Balaban J connectivity index is 1.92. The summed E-state index contributed by atoms with van der Waals surface area (Å²) in [5, 5.41) is 12.3. The molecule has 0 aliphatic carbocycles. The van der Waals surface area contributed by atoms with Gasteiger partial charge in [0.2, 0.25) is 0 Å². The van der Waals surface area contributed by atoms with E-state index in [0.29, 0.717) is 5.69 Å². The summed E-state index contributed by atoms with van der Waals surface area (Å²) in [5.41, 5.74) is 6.23. The first-order valence-electron chi connectivity index (χ1n) is 9.25. The second kappa shape index (κ2) is 8.15. The third-order valence-corrected chi connectivity index (χ3v) is 4.98. The number of carbonyl (C=O) groups is 1. The molecule has 0 unspecified atom stereocenters. The van der Waals surface area contributed by atoms with Crippen molar-refractivity contribution in [3.8, 4) is 11.8 Å². The number of amides is 1. The molecule has 3 aromatic rings. The highest BCUT2D eigenvalue weighted by atomic mass is 19.1. The fourth-order valence-electron chi connectivity index (χ4n) is 3.24. The van der Waals surface area contributed by atoms with Crippen LogP contribution in [0.15, 0.2) is 54.1 Å². The van der Waals surface area contributed by atoms with E-state index in [1.807, 2.05) is 62.6 Å². The van der Waals surface area contributed by atoms with Crippen molar-refractivity contribution < 1.29 is 9.18 Å². The van der Waals surface area contributed by atoms with Crippen molar-refractivity contribution in [2.75, 3.05) is 5.32 Å². The molecule has 1 amide bonds. The summed E-state index contributed by atoms with van der Waals surface area (Å²) in [5.74, 6) is -0.756. The third kappa shape index (κ3) is 4.27. The Morgan fingerprint density at radius 3 is 2.34 bits per heavy atom. The molecule has 0 aliphatic rings. The highest BCUT2D eigenvalue weighted by Crippen LogP contribution is 2.23. The van der Waals surface area contributed by atoms with Gasteiger partial charge in [-0.2, -0.15) is 5.26 Å². The maximum Gasteiger partial charge on any atom is 0.266 e. The van der Waals surface area contributed by atoms with Crippen LogP contribution in [-0.2, 0) is 4.79 Å². The molecule has 0 radical (unpaired) electrons. The van der Waals surface area contributed by atoms with Crippen molar-refractivity contribution in [3.05, 3.63) is 88.0 Å². The zero-order valence-electron chi connectivity index (χ0n) is 16.9. The molecule has 3 rings (SSSR count). The first kappa shape index (κ1) is 20.1. The molecule has 0 saturated carbocycles. The molecular weight excluding hydrogens is 365 g/mol. The van der Waals surface area contributed by atoms with E-state index in [0.717, 1.165) is 33.8 Å². The first-order valence-corrected chi connectivity index (χ1v) is 9.25. The number of rotatable bonds is 4. The van der Waals surface area contributed by atoms with Crippen LogP contribution in [0.2, 0.25) is 0 Å². The van der Waals surface area contributed by atoms with Gasteiger partial charge in [0.15, 0.2) is 0 Å². The molecule has 0 atom stereocenters. The molecule has 29 heavy (non-hydrogen) atoms. The Kier molecular flexibility index (Phi) is 5.65. The minimum absolute atomic E-state index is 0.0163. The fraction of sp³-hybridized carbons (Fsp3) is 0.167. The lowest BCUT2D eigenvalue weighted by Gasteiger charge is -2.09. The standard InChI is InChI=1S/C24H22FN3O/c1-15-5-8-22(11-16(15)2)27-24(29)20(14-26)13-19-12-17(3)28(18(19)4)23-9-6-21(25)7-10-23/h5-13H,1-4H3,(H,27,29)/b20-13-. The Hall–Kier alpha value is -3.65. The Bertz CT molecular complexity index is 1150. The lowest BCUT2D eigenvalue weighted by Crippen LogP contribution is -2.13. The van der Waals surface area contributed by atoms with Crippen molar-refractivity contribution in [3.63, 3.8) is 0 Å². The van der Waals surface area contributed by atoms with Gasteiger partial charge in [-0.05, 0) is 92.9 Å². The van der Waals surface area contributed by atoms with Crippen LogP contribution in [0.4, 0.5) is 10.1 Å². The number of halogens is 1. The molecular formula is C24H22FN3O. The maximum absolute atomic E-state index is 13.2. The van der Waals surface area contributed by atoms with Gasteiger partial charge in [-0.3, -0.25) is 4.79 Å². The lowest BCUT2D eigenvalue weighted by atomic mass is 10.1. The van der Waals surface area contributed by atoms with Crippen molar-refractivity contribution in [2.24, 2.45) is 0 Å². The van der Waals surface area contributed by atoms with Gasteiger partial charge in [0, 0.05) is 22.8 Å². The summed E-state index contributed by atoms with van der Waals surface area (Å²) in [4.78, 5) is 12.6. The van der Waals surface area contributed by atoms with Crippen molar-refractivity contribution >= 4 is 17.7 Å². The summed E-state index contributed by atoms with van der Waals surface area (Å²) in [6.07, 6.45) is 1.58. The fourth-order valence-corrected chi connectivity index (χ4v) is 3.24. The van der Waals surface area contributed by atoms with Gasteiger partial charge in [-0.25, -0.2) is 4.39 Å². The molecule has 0 fully saturated rings. The van der Waals surface area contributed by atoms with E-state index in [1.54, 1.807) is 18.2 Å². The van der Waals surface area contributed by atoms with Crippen LogP contribution < -0.4 is 5.32 Å². The number of carbonyl (C=O) groups excluding carboxylic acids is 1. The second-order valence-corrected chi connectivity index (χ2v) is 7.06. The van der Waals surface area contributed by atoms with Crippen LogP contribution in [-0.4, -0.2) is 10.5 Å². The summed E-state index contributed by atoms with van der Waals surface area (Å²) >= 11 is 0. The number of nitrogens with zero attached hydrogens (tertiary/aromatic N) is 2. The molecule has 5 heteroatoms. The largest absolute Gasteiger partial charge is 0.321 e. The molecule has 0 aliphatic heterocycles. The van der Waals surface area contributed by atoms with E-state index in [4.69, 9.17) is 0 Å². The van der Waals surface area contributed by atoms with E-state index in [9.17, 15) is 14.4 Å². The van der Waals surface area contributed by atoms with Gasteiger partial charge in [0.1, 0.15) is 17.5 Å². The van der Waals surface area contributed by atoms with Crippen LogP contribution in [0.25, 0.3) is 11.8 Å². The van der Waals surface area contributed by atoms with Crippen LogP contribution in [0, 0.1) is 44.8 Å². The number of hydrogen-bond donors (Lipinski definition) is 1. The zero-order chi connectivity index (χ0) is 21.1. The average molecular weight is 387 g/mol. The minimum atomic E-state index is -0.456.